The number of ether oxygens (including phenoxy) is 1. The van der Waals surface area contributed by atoms with Crippen molar-refractivity contribution in [1.29, 1.82) is 0 Å². The normalized spacial score (nSPS) is 10.4. The lowest BCUT2D eigenvalue weighted by Crippen LogP contribution is -2.01. The number of esters is 1. The van der Waals surface area contributed by atoms with Gasteiger partial charge in [-0.1, -0.05) is 5.16 Å². The van der Waals surface area contributed by atoms with Crippen molar-refractivity contribution in [2.75, 3.05) is 7.11 Å². The molecule has 0 atom stereocenters. The van der Waals surface area contributed by atoms with Crippen molar-refractivity contribution < 1.29 is 14.7 Å². The van der Waals surface area contributed by atoms with Gasteiger partial charge in [-0.15, -0.1) is 0 Å². The van der Waals surface area contributed by atoms with Gasteiger partial charge in [-0.25, -0.2) is 4.79 Å². The number of aromatic nitrogens is 1. The van der Waals surface area contributed by atoms with Crippen LogP contribution in [0.15, 0.2) is 17.3 Å². The molecule has 0 aliphatic carbocycles. The number of hydrogen-bond acceptors (Lipinski definition) is 4. The highest BCUT2D eigenvalue weighted by atomic mass is 16.5. The average Bonchev–Trinajstić information content (AvgIpc) is 2.52. The lowest BCUT2D eigenvalue weighted by molar-refractivity contribution is 0.0595. The van der Waals surface area contributed by atoms with Crippen molar-refractivity contribution in [3.63, 3.8) is 0 Å². The summed E-state index contributed by atoms with van der Waals surface area (Å²) in [6.45, 7) is 0. The van der Waals surface area contributed by atoms with Crippen LogP contribution in [0.5, 0.6) is 0 Å². The van der Waals surface area contributed by atoms with Crippen LogP contribution in [0.2, 0.25) is 0 Å². The Balaban J connectivity index is 2.84. The zero-order valence-corrected chi connectivity index (χ0v) is 6.44. The van der Waals surface area contributed by atoms with E-state index in [0.717, 1.165) is 0 Å². The Hall–Kier alpha value is -1.78. The molecule has 1 aromatic heterocycles. The van der Waals surface area contributed by atoms with Crippen LogP contribution in [0.3, 0.4) is 0 Å². The fourth-order valence-electron chi connectivity index (χ4n) is 0.778. The molecule has 12 heavy (non-hydrogen) atoms. The van der Waals surface area contributed by atoms with Crippen LogP contribution >= 0.6 is 0 Å². The number of aromatic amines is 1. The summed E-state index contributed by atoms with van der Waals surface area (Å²) >= 11 is 0. The number of nitrogens with zero attached hydrogens (tertiary/aromatic N) is 1. The summed E-state index contributed by atoms with van der Waals surface area (Å²) in [6.07, 6.45) is 1.19. The van der Waals surface area contributed by atoms with Crippen LogP contribution in [-0.2, 0) is 4.74 Å². The van der Waals surface area contributed by atoms with Gasteiger partial charge in [0.2, 0.25) is 0 Å². The van der Waals surface area contributed by atoms with Crippen molar-refractivity contribution in [3.8, 4) is 0 Å². The zero-order chi connectivity index (χ0) is 8.97. The molecule has 1 rings (SSSR count). The first kappa shape index (κ1) is 8.32. The van der Waals surface area contributed by atoms with Crippen LogP contribution in [0, 0.1) is 0 Å². The van der Waals surface area contributed by atoms with E-state index in [0.29, 0.717) is 11.4 Å². The second-order valence-corrected chi connectivity index (χ2v) is 2.06. The van der Waals surface area contributed by atoms with Gasteiger partial charge in [-0.05, 0) is 12.1 Å². The number of carbonyl (C=O) groups excluding carboxylic acids is 1. The number of nitrogens with one attached hydrogen (secondary N) is 1. The summed E-state index contributed by atoms with van der Waals surface area (Å²) in [4.78, 5) is 13.6. The molecule has 0 unspecified atom stereocenters. The van der Waals surface area contributed by atoms with E-state index in [2.05, 4.69) is 14.9 Å². The average molecular weight is 168 g/mol. The highest BCUT2D eigenvalue weighted by Crippen LogP contribution is 2.00. The highest BCUT2D eigenvalue weighted by molar-refractivity contribution is 5.89. The van der Waals surface area contributed by atoms with Crippen molar-refractivity contribution in [2.45, 2.75) is 0 Å². The van der Waals surface area contributed by atoms with Gasteiger partial charge in [-0.3, -0.25) is 0 Å². The molecular weight excluding hydrogens is 160 g/mol. The Morgan fingerprint density at radius 3 is 3.08 bits per heavy atom. The quantitative estimate of drug-likeness (QED) is 0.294. The number of methoxy groups -OCH3 is 1. The van der Waals surface area contributed by atoms with E-state index in [9.17, 15) is 4.79 Å². The molecule has 5 nitrogen and oxygen atoms in total. The van der Waals surface area contributed by atoms with E-state index in [1.54, 1.807) is 12.1 Å². The monoisotopic (exact) mass is 168 g/mol. The molecule has 0 fully saturated rings. The first-order valence-corrected chi connectivity index (χ1v) is 3.22. The summed E-state index contributed by atoms with van der Waals surface area (Å²) in [5.74, 6) is -0.451. The van der Waals surface area contributed by atoms with E-state index in [4.69, 9.17) is 5.21 Å². The molecular formula is C7H8N2O3. The van der Waals surface area contributed by atoms with Gasteiger partial charge < -0.3 is 14.9 Å². The lowest BCUT2D eigenvalue weighted by atomic mass is 10.4. The van der Waals surface area contributed by atoms with Gasteiger partial charge in [-0.2, -0.15) is 0 Å². The molecule has 0 aromatic carbocycles. The number of carbonyl (C=O) groups is 1. The van der Waals surface area contributed by atoms with Gasteiger partial charge in [0.25, 0.3) is 0 Å². The smallest absolute Gasteiger partial charge is 0.354 e. The van der Waals surface area contributed by atoms with Crippen molar-refractivity contribution >= 4 is 12.2 Å². The summed E-state index contributed by atoms with van der Waals surface area (Å²) in [5, 5.41) is 11.0. The molecule has 0 aliphatic rings. The molecule has 0 radical (unpaired) electrons. The summed E-state index contributed by atoms with van der Waals surface area (Å²) in [5.41, 5.74) is 0.866. The van der Waals surface area contributed by atoms with Crippen molar-refractivity contribution in [2.24, 2.45) is 5.16 Å². The Morgan fingerprint density at radius 2 is 2.50 bits per heavy atom. The van der Waals surface area contributed by atoms with E-state index >= 15 is 0 Å². The summed E-state index contributed by atoms with van der Waals surface area (Å²) in [6, 6.07) is 3.15. The van der Waals surface area contributed by atoms with E-state index in [-0.39, 0.29) is 0 Å². The molecule has 0 spiro atoms. The summed E-state index contributed by atoms with van der Waals surface area (Å²) < 4.78 is 4.45. The van der Waals surface area contributed by atoms with E-state index in [1.165, 1.54) is 13.3 Å². The minimum atomic E-state index is -0.451. The first-order chi connectivity index (χ1) is 5.77. The highest BCUT2D eigenvalue weighted by Gasteiger charge is 2.06. The zero-order valence-electron chi connectivity index (χ0n) is 6.44. The number of oxime groups is 1. The minimum Gasteiger partial charge on any atom is -0.464 e. The molecule has 64 valence electrons. The van der Waals surface area contributed by atoms with Gasteiger partial charge in [0.1, 0.15) is 5.69 Å². The minimum absolute atomic E-state index is 0.326. The second-order valence-electron chi connectivity index (χ2n) is 2.06. The molecule has 0 bridgehead atoms. The summed E-state index contributed by atoms with van der Waals surface area (Å²) in [7, 11) is 1.29. The predicted octanol–water partition coefficient (Wildman–Crippen LogP) is 0.609. The van der Waals surface area contributed by atoms with Crippen molar-refractivity contribution in [3.05, 3.63) is 23.5 Å². The molecule has 2 N–H and O–H groups in total. The molecule has 0 saturated heterocycles. The Kier molecular flexibility index (Phi) is 2.47. The number of rotatable bonds is 2. The molecule has 0 saturated carbocycles. The van der Waals surface area contributed by atoms with Crippen LogP contribution in [0.4, 0.5) is 0 Å². The number of H-pyrrole nitrogens is 1. The van der Waals surface area contributed by atoms with Crippen molar-refractivity contribution in [1.82, 2.24) is 4.98 Å². The van der Waals surface area contributed by atoms with E-state index in [1.807, 2.05) is 0 Å². The topological polar surface area (TPSA) is 74.7 Å². The van der Waals surface area contributed by atoms with Crippen LogP contribution in [0.1, 0.15) is 16.2 Å². The SMILES string of the molecule is COC(=O)c1ccc(/C=N/O)[nH]1. The second kappa shape index (κ2) is 3.56. The fourth-order valence-corrected chi connectivity index (χ4v) is 0.778. The first-order valence-electron chi connectivity index (χ1n) is 3.22. The molecule has 1 aromatic rings. The molecule has 5 heteroatoms. The maximum Gasteiger partial charge on any atom is 0.354 e. The molecule has 1 heterocycles. The maximum absolute atomic E-state index is 10.9. The largest absolute Gasteiger partial charge is 0.464 e. The van der Waals surface area contributed by atoms with Gasteiger partial charge in [0, 0.05) is 0 Å². The molecule has 0 amide bonds. The lowest BCUT2D eigenvalue weighted by Gasteiger charge is -1.92. The Morgan fingerprint density at radius 1 is 1.75 bits per heavy atom. The Bertz CT molecular complexity index is 303. The van der Waals surface area contributed by atoms with Gasteiger partial charge in [0.05, 0.1) is 19.0 Å². The van der Waals surface area contributed by atoms with Crippen LogP contribution in [-0.4, -0.2) is 29.5 Å². The van der Waals surface area contributed by atoms with E-state index < -0.39 is 5.97 Å². The predicted molar refractivity (Wildman–Crippen MR) is 41.5 cm³/mol. The molecule has 0 aliphatic heterocycles. The number of hydrogen-bond donors (Lipinski definition) is 2. The van der Waals surface area contributed by atoms with Crippen LogP contribution < -0.4 is 0 Å². The van der Waals surface area contributed by atoms with Gasteiger partial charge in [0.15, 0.2) is 0 Å². The fraction of sp³-hybridized carbons (Fsp3) is 0.143. The maximum atomic E-state index is 10.9. The standard InChI is InChI=1S/C7H8N2O3/c1-12-7(10)6-3-2-5(9-6)4-8-11/h2-4,9,11H,1H3/b8-4+. The third-order valence-electron chi connectivity index (χ3n) is 1.31. The third kappa shape index (κ3) is 1.63. The van der Waals surface area contributed by atoms with Crippen LogP contribution in [0.25, 0.3) is 0 Å². The van der Waals surface area contributed by atoms with Gasteiger partial charge >= 0.3 is 5.97 Å². The third-order valence-corrected chi connectivity index (χ3v) is 1.31. The Labute approximate surface area is 68.7 Å².